The van der Waals surface area contributed by atoms with Gasteiger partial charge in [-0.1, -0.05) is 12.1 Å². The van der Waals surface area contributed by atoms with Gasteiger partial charge in [-0.2, -0.15) is 4.98 Å². The second-order valence-electron chi connectivity index (χ2n) is 7.07. The summed E-state index contributed by atoms with van der Waals surface area (Å²) in [6.07, 6.45) is -0.836. The molecule has 3 rings (SSSR count). The second kappa shape index (κ2) is 10.8. The number of carbonyl (C=O) groups excluding carboxylic acids is 2. The zero-order chi connectivity index (χ0) is 24.0. The van der Waals surface area contributed by atoms with Crippen LogP contribution in [0.3, 0.4) is 0 Å². The molecule has 5 N–H and O–H groups in total. The van der Waals surface area contributed by atoms with E-state index >= 15 is 0 Å². The number of amides is 1. The molecule has 178 valence electrons. The standard InChI is InChI=1S/C19H23N4O9P/c20-16-5-7-23(19(27)22-16)17-9-14(25)15(32-17)11-31-33(28,29)30-8-6-21-18(26)13-3-1-12(10-24)2-4-13/h1-5,7,10,14-15,17,25H,6,8-9,11H2,(H,21,26)(H,28,29)(H2,20,22,27)/t14?,15-,17-/m1/s1. The number of phosphoric acid groups is 1. The lowest BCUT2D eigenvalue weighted by Crippen LogP contribution is -2.29. The summed E-state index contributed by atoms with van der Waals surface area (Å²) in [5.74, 6) is -0.411. The fourth-order valence-electron chi connectivity index (χ4n) is 3.03. The van der Waals surface area contributed by atoms with E-state index in [2.05, 4.69) is 10.3 Å². The van der Waals surface area contributed by atoms with Crippen molar-refractivity contribution in [2.24, 2.45) is 0 Å². The van der Waals surface area contributed by atoms with Crippen molar-refractivity contribution in [1.82, 2.24) is 14.9 Å². The smallest absolute Gasteiger partial charge is 0.390 e. The molecular formula is C19H23N4O9P. The zero-order valence-corrected chi connectivity index (χ0v) is 18.2. The third-order valence-electron chi connectivity index (χ3n) is 4.72. The highest BCUT2D eigenvalue weighted by Gasteiger charge is 2.37. The quantitative estimate of drug-likeness (QED) is 0.200. The molecule has 1 aromatic heterocycles. The molecule has 1 aliphatic heterocycles. The predicted octanol–water partition coefficient (Wildman–Crippen LogP) is -0.150. The van der Waals surface area contributed by atoms with Gasteiger partial charge in [0.15, 0.2) is 0 Å². The van der Waals surface area contributed by atoms with Gasteiger partial charge in [-0.3, -0.25) is 23.2 Å². The summed E-state index contributed by atoms with van der Waals surface area (Å²) in [7, 11) is -4.50. The average molecular weight is 482 g/mol. The van der Waals surface area contributed by atoms with Crippen LogP contribution in [-0.2, 0) is 18.3 Å². The fourth-order valence-corrected chi connectivity index (χ4v) is 3.76. The summed E-state index contributed by atoms with van der Waals surface area (Å²) in [6.45, 7) is -0.882. The van der Waals surface area contributed by atoms with Crippen molar-refractivity contribution in [3.8, 4) is 0 Å². The number of nitrogens with one attached hydrogen (secondary N) is 1. The Morgan fingerprint density at radius 2 is 2.06 bits per heavy atom. The van der Waals surface area contributed by atoms with Crippen LogP contribution in [0.25, 0.3) is 0 Å². The van der Waals surface area contributed by atoms with Gasteiger partial charge in [-0.25, -0.2) is 9.36 Å². The van der Waals surface area contributed by atoms with E-state index < -0.39 is 44.5 Å². The summed E-state index contributed by atoms with van der Waals surface area (Å²) < 4.78 is 28.4. The summed E-state index contributed by atoms with van der Waals surface area (Å²) in [5, 5.41) is 12.6. The molecule has 1 amide bonds. The molecule has 1 saturated heterocycles. The Morgan fingerprint density at radius 1 is 1.33 bits per heavy atom. The van der Waals surface area contributed by atoms with Gasteiger partial charge in [0.25, 0.3) is 5.91 Å². The largest absolute Gasteiger partial charge is 0.472 e. The number of phosphoric ester groups is 1. The first kappa shape index (κ1) is 24.7. The Morgan fingerprint density at radius 3 is 2.73 bits per heavy atom. The lowest BCUT2D eigenvalue weighted by Gasteiger charge is -2.18. The second-order valence-corrected chi connectivity index (χ2v) is 8.52. The molecule has 2 heterocycles. The highest BCUT2D eigenvalue weighted by atomic mass is 31.2. The number of hydrogen-bond donors (Lipinski definition) is 4. The van der Waals surface area contributed by atoms with Crippen LogP contribution in [0.1, 0.15) is 33.4 Å². The van der Waals surface area contributed by atoms with E-state index in [1.807, 2.05) is 0 Å². The topological polar surface area (TPSA) is 192 Å². The Balaban J connectivity index is 1.42. The molecule has 0 spiro atoms. The SMILES string of the molecule is Nc1ccn([C@H]2CC(O)[C@@H](COP(=O)(O)OCCNC(=O)c3ccc(C=O)cc3)O2)c(=O)n1. The number of aliphatic hydroxyl groups excluding tert-OH is 1. The lowest BCUT2D eigenvalue weighted by molar-refractivity contribution is -0.0463. The van der Waals surface area contributed by atoms with Crippen molar-refractivity contribution in [3.05, 3.63) is 58.1 Å². The highest BCUT2D eigenvalue weighted by Crippen LogP contribution is 2.44. The Hall–Kier alpha value is -2.93. The van der Waals surface area contributed by atoms with Crippen LogP contribution < -0.4 is 16.7 Å². The van der Waals surface area contributed by atoms with Crippen molar-refractivity contribution >= 4 is 25.8 Å². The van der Waals surface area contributed by atoms with E-state index in [1.54, 1.807) is 0 Å². The first-order chi connectivity index (χ1) is 15.7. The molecule has 1 fully saturated rings. The number of nitrogens with zero attached hydrogens (tertiary/aromatic N) is 2. The van der Waals surface area contributed by atoms with E-state index in [9.17, 15) is 28.9 Å². The summed E-state index contributed by atoms with van der Waals surface area (Å²) in [6, 6.07) is 7.30. The van der Waals surface area contributed by atoms with Crippen molar-refractivity contribution in [2.75, 3.05) is 25.5 Å². The fraction of sp³-hybridized carbons (Fsp3) is 0.368. The third-order valence-corrected chi connectivity index (χ3v) is 5.70. The number of hydrogen-bond acceptors (Lipinski definition) is 10. The van der Waals surface area contributed by atoms with Crippen LogP contribution in [0, 0.1) is 0 Å². The number of carbonyl (C=O) groups is 2. The van der Waals surface area contributed by atoms with Gasteiger partial charge in [-0.05, 0) is 18.2 Å². The molecular weight excluding hydrogens is 459 g/mol. The Kier molecular flexibility index (Phi) is 8.08. The first-order valence-corrected chi connectivity index (χ1v) is 11.3. The maximum Gasteiger partial charge on any atom is 0.472 e. The Bertz CT molecular complexity index is 1090. The number of aromatic nitrogens is 2. The molecule has 14 heteroatoms. The maximum absolute atomic E-state index is 12.1. The van der Waals surface area contributed by atoms with E-state index in [-0.39, 0.29) is 25.4 Å². The van der Waals surface area contributed by atoms with Crippen LogP contribution in [0.2, 0.25) is 0 Å². The summed E-state index contributed by atoms with van der Waals surface area (Å²) in [4.78, 5) is 47.9. The van der Waals surface area contributed by atoms with E-state index in [4.69, 9.17) is 19.5 Å². The molecule has 0 bridgehead atoms. The molecule has 1 aliphatic rings. The molecule has 33 heavy (non-hydrogen) atoms. The number of benzene rings is 1. The minimum absolute atomic E-state index is 0.0377. The van der Waals surface area contributed by atoms with E-state index in [0.29, 0.717) is 17.4 Å². The Labute approximate surface area is 187 Å². The average Bonchev–Trinajstić information content (AvgIpc) is 3.15. The van der Waals surface area contributed by atoms with Crippen LogP contribution >= 0.6 is 7.82 Å². The number of rotatable bonds is 10. The van der Waals surface area contributed by atoms with Gasteiger partial charge >= 0.3 is 13.5 Å². The van der Waals surface area contributed by atoms with Gasteiger partial charge in [0.05, 0.1) is 19.3 Å². The molecule has 13 nitrogen and oxygen atoms in total. The molecule has 0 saturated carbocycles. The van der Waals surface area contributed by atoms with Gasteiger partial charge in [0.2, 0.25) is 0 Å². The zero-order valence-electron chi connectivity index (χ0n) is 17.3. The van der Waals surface area contributed by atoms with Crippen LogP contribution in [0.15, 0.2) is 41.3 Å². The number of aldehydes is 1. The number of aliphatic hydroxyl groups is 1. The number of nitrogen functional groups attached to an aromatic ring is 1. The molecule has 0 radical (unpaired) electrons. The normalized spacial score (nSPS) is 21.9. The van der Waals surface area contributed by atoms with Crippen LogP contribution in [0.5, 0.6) is 0 Å². The number of anilines is 1. The van der Waals surface area contributed by atoms with E-state index in [1.165, 1.54) is 36.5 Å². The maximum atomic E-state index is 12.1. The molecule has 2 aromatic rings. The molecule has 0 aliphatic carbocycles. The highest BCUT2D eigenvalue weighted by molar-refractivity contribution is 7.47. The number of ether oxygens (including phenoxy) is 1. The lowest BCUT2D eigenvalue weighted by atomic mass is 10.1. The minimum Gasteiger partial charge on any atom is -0.390 e. The number of nitrogens with two attached hydrogens (primary N) is 1. The molecule has 2 unspecified atom stereocenters. The van der Waals surface area contributed by atoms with Crippen molar-refractivity contribution < 1.29 is 37.9 Å². The summed E-state index contributed by atoms with van der Waals surface area (Å²) in [5.41, 5.74) is 5.51. The van der Waals surface area contributed by atoms with Crippen LogP contribution in [0.4, 0.5) is 5.82 Å². The van der Waals surface area contributed by atoms with Crippen molar-refractivity contribution in [3.63, 3.8) is 0 Å². The molecule has 1 aromatic carbocycles. The molecule has 4 atom stereocenters. The van der Waals surface area contributed by atoms with Crippen molar-refractivity contribution in [2.45, 2.75) is 24.9 Å². The van der Waals surface area contributed by atoms with Crippen LogP contribution in [-0.4, -0.2) is 63.7 Å². The summed E-state index contributed by atoms with van der Waals surface area (Å²) >= 11 is 0. The van der Waals surface area contributed by atoms with Gasteiger partial charge in [0.1, 0.15) is 24.4 Å². The van der Waals surface area contributed by atoms with E-state index in [0.717, 1.165) is 4.57 Å². The minimum atomic E-state index is -4.50. The van der Waals surface area contributed by atoms with Gasteiger partial charge in [0, 0.05) is 30.3 Å². The van der Waals surface area contributed by atoms with Gasteiger partial charge < -0.3 is 25.8 Å². The van der Waals surface area contributed by atoms with Crippen molar-refractivity contribution in [1.29, 1.82) is 0 Å². The van der Waals surface area contributed by atoms with Gasteiger partial charge in [-0.15, -0.1) is 0 Å². The first-order valence-electron chi connectivity index (χ1n) is 9.82. The third kappa shape index (κ3) is 6.78. The predicted molar refractivity (Wildman–Crippen MR) is 113 cm³/mol. The monoisotopic (exact) mass is 482 g/mol.